The quantitative estimate of drug-likeness (QED) is 0.488. The Morgan fingerprint density at radius 1 is 1.25 bits per heavy atom. The van der Waals surface area contributed by atoms with Crippen LogP contribution in [0.5, 0.6) is 0 Å². The van der Waals surface area contributed by atoms with Crippen molar-refractivity contribution in [2.24, 2.45) is 5.92 Å². The molecule has 0 aliphatic rings. The summed E-state index contributed by atoms with van der Waals surface area (Å²) in [6.07, 6.45) is 6.38. The molecule has 0 aromatic heterocycles. The minimum Gasteiger partial charge on any atom is -0.469 e. The zero-order valence-corrected chi connectivity index (χ0v) is 11.2. The van der Waals surface area contributed by atoms with Gasteiger partial charge in [0, 0.05) is 12.6 Å². The summed E-state index contributed by atoms with van der Waals surface area (Å²) in [6.45, 7) is 7.00. The molecule has 0 aliphatic carbocycles. The predicted molar refractivity (Wildman–Crippen MR) is 67.4 cm³/mol. The number of esters is 1. The summed E-state index contributed by atoms with van der Waals surface area (Å²) in [5.41, 5.74) is 0. The highest BCUT2D eigenvalue weighted by molar-refractivity contribution is 5.72. The maximum absolute atomic E-state index is 11.2. The van der Waals surface area contributed by atoms with Gasteiger partial charge in [-0.05, 0) is 13.3 Å². The third-order valence-electron chi connectivity index (χ3n) is 2.87. The standard InChI is InChI=1S/C13H27NO2/c1-5-6-7-8-9-12(3)14-10-11(2)13(15)16-4/h11-12,14H,5-10H2,1-4H3. The van der Waals surface area contributed by atoms with Gasteiger partial charge in [0.15, 0.2) is 0 Å². The number of carbonyl (C=O) groups excluding carboxylic acids is 1. The van der Waals surface area contributed by atoms with Crippen molar-refractivity contribution >= 4 is 5.97 Å². The van der Waals surface area contributed by atoms with Crippen molar-refractivity contribution in [1.82, 2.24) is 5.32 Å². The molecule has 3 nitrogen and oxygen atoms in total. The number of rotatable bonds is 9. The normalized spacial score (nSPS) is 14.5. The van der Waals surface area contributed by atoms with Crippen molar-refractivity contribution < 1.29 is 9.53 Å². The van der Waals surface area contributed by atoms with Crippen LogP contribution in [0.3, 0.4) is 0 Å². The lowest BCUT2D eigenvalue weighted by Crippen LogP contribution is -2.33. The van der Waals surface area contributed by atoms with Gasteiger partial charge >= 0.3 is 5.97 Å². The molecule has 0 aromatic rings. The van der Waals surface area contributed by atoms with Crippen LogP contribution in [0.25, 0.3) is 0 Å². The van der Waals surface area contributed by atoms with Gasteiger partial charge in [0.05, 0.1) is 13.0 Å². The second-order valence-corrected chi connectivity index (χ2v) is 4.58. The molecule has 0 saturated heterocycles. The van der Waals surface area contributed by atoms with Crippen LogP contribution in [-0.2, 0) is 9.53 Å². The lowest BCUT2D eigenvalue weighted by atomic mass is 10.1. The van der Waals surface area contributed by atoms with Gasteiger partial charge in [0.2, 0.25) is 0 Å². The lowest BCUT2D eigenvalue weighted by Gasteiger charge is -2.16. The van der Waals surface area contributed by atoms with Crippen LogP contribution in [0, 0.1) is 5.92 Å². The smallest absolute Gasteiger partial charge is 0.309 e. The highest BCUT2D eigenvalue weighted by atomic mass is 16.5. The molecule has 0 rings (SSSR count). The van der Waals surface area contributed by atoms with E-state index in [-0.39, 0.29) is 11.9 Å². The number of unbranched alkanes of at least 4 members (excludes halogenated alkanes) is 3. The van der Waals surface area contributed by atoms with E-state index in [1.807, 2.05) is 6.92 Å². The van der Waals surface area contributed by atoms with E-state index >= 15 is 0 Å². The van der Waals surface area contributed by atoms with E-state index in [2.05, 4.69) is 23.9 Å². The Morgan fingerprint density at radius 3 is 2.50 bits per heavy atom. The van der Waals surface area contributed by atoms with Crippen LogP contribution in [-0.4, -0.2) is 25.7 Å². The van der Waals surface area contributed by atoms with Crippen molar-refractivity contribution in [2.75, 3.05) is 13.7 Å². The van der Waals surface area contributed by atoms with Gasteiger partial charge in [0.1, 0.15) is 0 Å². The summed E-state index contributed by atoms with van der Waals surface area (Å²) in [5.74, 6) is -0.186. The number of nitrogens with one attached hydrogen (secondary N) is 1. The van der Waals surface area contributed by atoms with Crippen molar-refractivity contribution in [1.29, 1.82) is 0 Å². The van der Waals surface area contributed by atoms with Gasteiger partial charge < -0.3 is 10.1 Å². The Morgan fingerprint density at radius 2 is 1.94 bits per heavy atom. The van der Waals surface area contributed by atoms with Crippen LogP contribution in [0.2, 0.25) is 0 Å². The van der Waals surface area contributed by atoms with Crippen molar-refractivity contribution in [3.63, 3.8) is 0 Å². The largest absolute Gasteiger partial charge is 0.469 e. The van der Waals surface area contributed by atoms with E-state index in [9.17, 15) is 4.79 Å². The van der Waals surface area contributed by atoms with Crippen LogP contribution < -0.4 is 5.32 Å². The summed E-state index contributed by atoms with van der Waals surface area (Å²) >= 11 is 0. The first kappa shape index (κ1) is 15.4. The van der Waals surface area contributed by atoms with Crippen LogP contribution in [0.1, 0.15) is 52.9 Å². The Bertz CT molecular complexity index is 183. The van der Waals surface area contributed by atoms with Crippen molar-refractivity contribution in [3.05, 3.63) is 0 Å². The van der Waals surface area contributed by atoms with E-state index in [4.69, 9.17) is 0 Å². The molecule has 0 amide bonds. The first-order valence-electron chi connectivity index (χ1n) is 6.43. The fraction of sp³-hybridized carbons (Fsp3) is 0.923. The Balaban J connectivity index is 3.49. The third kappa shape index (κ3) is 7.69. The maximum Gasteiger partial charge on any atom is 0.309 e. The monoisotopic (exact) mass is 229 g/mol. The van der Waals surface area contributed by atoms with Gasteiger partial charge in [0.25, 0.3) is 0 Å². The number of methoxy groups -OCH3 is 1. The number of carbonyl (C=O) groups is 1. The van der Waals surface area contributed by atoms with Crippen molar-refractivity contribution in [3.8, 4) is 0 Å². The molecule has 0 aromatic carbocycles. The number of hydrogen-bond donors (Lipinski definition) is 1. The predicted octanol–water partition coefficient (Wildman–Crippen LogP) is 2.74. The van der Waals surface area contributed by atoms with E-state index in [0.29, 0.717) is 12.6 Å². The summed E-state index contributed by atoms with van der Waals surface area (Å²) < 4.78 is 4.68. The average Bonchev–Trinajstić information content (AvgIpc) is 2.30. The molecule has 0 heterocycles. The lowest BCUT2D eigenvalue weighted by molar-refractivity contribution is -0.144. The highest BCUT2D eigenvalue weighted by Crippen LogP contribution is 2.05. The van der Waals surface area contributed by atoms with Gasteiger partial charge in [-0.3, -0.25) is 4.79 Å². The molecule has 0 radical (unpaired) electrons. The van der Waals surface area contributed by atoms with Crippen LogP contribution >= 0.6 is 0 Å². The molecule has 0 fully saturated rings. The summed E-state index contributed by atoms with van der Waals surface area (Å²) in [4.78, 5) is 11.2. The second-order valence-electron chi connectivity index (χ2n) is 4.58. The summed E-state index contributed by atoms with van der Waals surface area (Å²) in [5, 5.41) is 3.37. The fourth-order valence-corrected chi connectivity index (χ4v) is 1.64. The zero-order valence-electron chi connectivity index (χ0n) is 11.2. The topological polar surface area (TPSA) is 38.3 Å². The van der Waals surface area contributed by atoms with Gasteiger partial charge in [-0.1, -0.05) is 39.5 Å². The molecule has 3 heteroatoms. The van der Waals surface area contributed by atoms with Gasteiger partial charge in [-0.2, -0.15) is 0 Å². The van der Waals surface area contributed by atoms with Crippen LogP contribution in [0.15, 0.2) is 0 Å². The highest BCUT2D eigenvalue weighted by Gasteiger charge is 2.13. The fourth-order valence-electron chi connectivity index (χ4n) is 1.64. The zero-order chi connectivity index (χ0) is 12.4. The molecular formula is C13H27NO2. The molecule has 2 unspecified atom stereocenters. The molecule has 0 bridgehead atoms. The van der Waals surface area contributed by atoms with Gasteiger partial charge in [-0.25, -0.2) is 0 Å². The second kappa shape index (κ2) is 9.64. The molecule has 0 spiro atoms. The first-order valence-corrected chi connectivity index (χ1v) is 6.43. The van der Waals surface area contributed by atoms with Gasteiger partial charge in [-0.15, -0.1) is 0 Å². The van der Waals surface area contributed by atoms with Crippen molar-refractivity contribution in [2.45, 2.75) is 58.9 Å². The summed E-state index contributed by atoms with van der Waals surface area (Å²) in [7, 11) is 1.44. The average molecular weight is 229 g/mol. The molecule has 2 atom stereocenters. The third-order valence-corrected chi connectivity index (χ3v) is 2.87. The number of ether oxygens (including phenoxy) is 1. The van der Waals surface area contributed by atoms with E-state index in [1.54, 1.807) is 0 Å². The minimum absolute atomic E-state index is 0.0527. The summed E-state index contributed by atoms with van der Waals surface area (Å²) in [6, 6.07) is 0.490. The Labute approximate surface area is 99.9 Å². The van der Waals surface area contributed by atoms with E-state index in [0.717, 1.165) is 0 Å². The maximum atomic E-state index is 11.2. The Hall–Kier alpha value is -0.570. The Kier molecular flexibility index (Phi) is 9.30. The molecule has 96 valence electrons. The molecule has 16 heavy (non-hydrogen) atoms. The van der Waals surface area contributed by atoms with E-state index < -0.39 is 0 Å². The molecule has 0 saturated carbocycles. The molecule has 1 N–H and O–H groups in total. The van der Waals surface area contributed by atoms with Crippen LogP contribution in [0.4, 0.5) is 0 Å². The van der Waals surface area contributed by atoms with E-state index in [1.165, 1.54) is 39.2 Å². The number of hydrogen-bond acceptors (Lipinski definition) is 3. The molecular weight excluding hydrogens is 202 g/mol. The molecule has 0 aliphatic heterocycles. The SMILES string of the molecule is CCCCCCC(C)NCC(C)C(=O)OC. The minimum atomic E-state index is -0.134. The first-order chi connectivity index (χ1) is 7.61.